The number of methoxy groups -OCH3 is 1. The Morgan fingerprint density at radius 2 is 2.10 bits per heavy atom. The molecule has 0 radical (unpaired) electrons. The van der Waals surface area contributed by atoms with Crippen molar-refractivity contribution in [1.82, 2.24) is 10.6 Å². The third kappa shape index (κ3) is 5.17. The SMILES string of the molecule is CCCNC(=O)[C@@H](C)NC(=O)Nc1cccc(OC)c1. The van der Waals surface area contributed by atoms with E-state index in [-0.39, 0.29) is 5.91 Å². The minimum absolute atomic E-state index is 0.201. The summed E-state index contributed by atoms with van der Waals surface area (Å²) in [7, 11) is 1.55. The maximum Gasteiger partial charge on any atom is 0.319 e. The summed E-state index contributed by atoms with van der Waals surface area (Å²) in [5, 5.41) is 7.94. The van der Waals surface area contributed by atoms with Gasteiger partial charge in [-0.15, -0.1) is 0 Å². The van der Waals surface area contributed by atoms with Crippen LogP contribution in [0.2, 0.25) is 0 Å². The first-order valence-corrected chi connectivity index (χ1v) is 6.56. The number of rotatable bonds is 6. The van der Waals surface area contributed by atoms with E-state index in [1.165, 1.54) is 0 Å². The summed E-state index contributed by atoms with van der Waals surface area (Å²) in [6.45, 7) is 4.20. The zero-order valence-corrected chi connectivity index (χ0v) is 12.0. The Kier molecular flexibility index (Phi) is 6.36. The molecule has 20 heavy (non-hydrogen) atoms. The van der Waals surface area contributed by atoms with E-state index in [0.29, 0.717) is 18.0 Å². The van der Waals surface area contributed by atoms with Crippen LogP contribution >= 0.6 is 0 Å². The van der Waals surface area contributed by atoms with Gasteiger partial charge in [-0.1, -0.05) is 13.0 Å². The lowest BCUT2D eigenvalue weighted by Crippen LogP contribution is -2.46. The zero-order chi connectivity index (χ0) is 15.0. The van der Waals surface area contributed by atoms with Gasteiger partial charge in [-0.3, -0.25) is 4.79 Å². The lowest BCUT2D eigenvalue weighted by molar-refractivity contribution is -0.122. The minimum Gasteiger partial charge on any atom is -0.497 e. The molecule has 1 rings (SSSR count). The largest absolute Gasteiger partial charge is 0.497 e. The topological polar surface area (TPSA) is 79.5 Å². The van der Waals surface area contributed by atoms with Gasteiger partial charge in [-0.05, 0) is 25.5 Å². The molecule has 6 nitrogen and oxygen atoms in total. The van der Waals surface area contributed by atoms with Crippen molar-refractivity contribution in [1.29, 1.82) is 0 Å². The van der Waals surface area contributed by atoms with Crippen molar-refractivity contribution in [2.24, 2.45) is 0 Å². The van der Waals surface area contributed by atoms with Crippen LogP contribution in [0.5, 0.6) is 5.75 Å². The molecule has 0 saturated heterocycles. The monoisotopic (exact) mass is 279 g/mol. The Morgan fingerprint density at radius 3 is 2.75 bits per heavy atom. The normalized spacial score (nSPS) is 11.3. The van der Waals surface area contributed by atoms with Crippen molar-refractivity contribution >= 4 is 17.6 Å². The lowest BCUT2D eigenvalue weighted by Gasteiger charge is -2.14. The van der Waals surface area contributed by atoms with Crippen LogP contribution in [-0.2, 0) is 4.79 Å². The fourth-order valence-corrected chi connectivity index (χ4v) is 1.53. The number of hydrogen-bond donors (Lipinski definition) is 3. The first kappa shape index (κ1) is 15.8. The predicted molar refractivity (Wildman–Crippen MR) is 77.9 cm³/mol. The van der Waals surface area contributed by atoms with E-state index in [1.807, 2.05) is 6.92 Å². The summed E-state index contributed by atoms with van der Waals surface area (Å²) in [5.41, 5.74) is 0.600. The highest BCUT2D eigenvalue weighted by Crippen LogP contribution is 2.16. The number of benzene rings is 1. The fraction of sp³-hybridized carbons (Fsp3) is 0.429. The van der Waals surface area contributed by atoms with E-state index in [0.717, 1.165) is 6.42 Å². The molecule has 0 bridgehead atoms. The minimum atomic E-state index is -0.591. The molecular weight excluding hydrogens is 258 g/mol. The van der Waals surface area contributed by atoms with Gasteiger partial charge in [0.2, 0.25) is 5.91 Å². The summed E-state index contributed by atoms with van der Waals surface area (Å²) in [6.07, 6.45) is 0.856. The molecule has 0 spiro atoms. The van der Waals surface area contributed by atoms with Gasteiger partial charge >= 0.3 is 6.03 Å². The standard InChI is InChI=1S/C14H21N3O3/c1-4-8-15-13(18)10(2)16-14(19)17-11-6-5-7-12(9-11)20-3/h5-7,9-10H,4,8H2,1-3H3,(H,15,18)(H2,16,17,19)/t10-/m1/s1. The molecule has 0 aliphatic heterocycles. The average Bonchev–Trinajstić information content (AvgIpc) is 2.44. The second-order valence-corrected chi connectivity index (χ2v) is 4.34. The van der Waals surface area contributed by atoms with Gasteiger partial charge in [0.1, 0.15) is 11.8 Å². The van der Waals surface area contributed by atoms with E-state index >= 15 is 0 Å². The van der Waals surface area contributed by atoms with Crippen LogP contribution < -0.4 is 20.7 Å². The van der Waals surface area contributed by atoms with E-state index in [2.05, 4.69) is 16.0 Å². The number of carbonyl (C=O) groups is 2. The highest BCUT2D eigenvalue weighted by Gasteiger charge is 2.14. The summed E-state index contributed by atoms with van der Waals surface area (Å²) >= 11 is 0. The molecule has 0 aromatic heterocycles. The Morgan fingerprint density at radius 1 is 1.35 bits per heavy atom. The van der Waals surface area contributed by atoms with E-state index in [4.69, 9.17) is 4.74 Å². The fourth-order valence-electron chi connectivity index (χ4n) is 1.53. The Balaban J connectivity index is 2.48. The maximum absolute atomic E-state index is 11.8. The Bertz CT molecular complexity index is 463. The summed E-state index contributed by atoms with van der Waals surface area (Å²) in [4.78, 5) is 23.4. The first-order valence-electron chi connectivity index (χ1n) is 6.56. The van der Waals surface area contributed by atoms with Crippen molar-refractivity contribution in [3.8, 4) is 5.75 Å². The van der Waals surface area contributed by atoms with Crippen LogP contribution in [-0.4, -0.2) is 31.6 Å². The van der Waals surface area contributed by atoms with Gasteiger partial charge in [-0.25, -0.2) is 4.79 Å². The molecule has 0 heterocycles. The number of hydrogen-bond acceptors (Lipinski definition) is 3. The zero-order valence-electron chi connectivity index (χ0n) is 12.0. The van der Waals surface area contributed by atoms with Crippen molar-refractivity contribution < 1.29 is 14.3 Å². The molecule has 0 fully saturated rings. The smallest absolute Gasteiger partial charge is 0.319 e. The van der Waals surface area contributed by atoms with Crippen LogP contribution in [0.25, 0.3) is 0 Å². The number of ether oxygens (including phenoxy) is 1. The van der Waals surface area contributed by atoms with E-state index < -0.39 is 12.1 Å². The first-order chi connectivity index (χ1) is 9.56. The van der Waals surface area contributed by atoms with Crippen LogP contribution in [0.1, 0.15) is 20.3 Å². The predicted octanol–water partition coefficient (Wildman–Crippen LogP) is 1.73. The number of amides is 3. The molecule has 0 aliphatic carbocycles. The third-order valence-corrected chi connectivity index (χ3v) is 2.62. The molecule has 0 aliphatic rings. The van der Waals surface area contributed by atoms with E-state index in [1.54, 1.807) is 38.3 Å². The third-order valence-electron chi connectivity index (χ3n) is 2.62. The quantitative estimate of drug-likeness (QED) is 0.742. The van der Waals surface area contributed by atoms with Crippen molar-refractivity contribution in [3.05, 3.63) is 24.3 Å². The molecule has 3 amide bonds. The van der Waals surface area contributed by atoms with Gasteiger partial charge in [0, 0.05) is 18.3 Å². The number of urea groups is 1. The van der Waals surface area contributed by atoms with Gasteiger partial charge in [0.15, 0.2) is 0 Å². The van der Waals surface area contributed by atoms with Crippen LogP contribution in [0.15, 0.2) is 24.3 Å². The van der Waals surface area contributed by atoms with Crippen molar-refractivity contribution in [2.45, 2.75) is 26.3 Å². The molecule has 1 aromatic carbocycles. The molecule has 6 heteroatoms. The van der Waals surface area contributed by atoms with Crippen molar-refractivity contribution in [3.63, 3.8) is 0 Å². The number of anilines is 1. The van der Waals surface area contributed by atoms with Crippen LogP contribution in [0.4, 0.5) is 10.5 Å². The maximum atomic E-state index is 11.8. The van der Waals surface area contributed by atoms with E-state index in [9.17, 15) is 9.59 Å². The Labute approximate surface area is 118 Å². The van der Waals surface area contributed by atoms with Crippen molar-refractivity contribution in [2.75, 3.05) is 19.0 Å². The molecule has 110 valence electrons. The van der Waals surface area contributed by atoms with Gasteiger partial charge < -0.3 is 20.7 Å². The van der Waals surface area contributed by atoms with Crippen LogP contribution in [0, 0.1) is 0 Å². The van der Waals surface area contributed by atoms with Gasteiger partial charge in [0.05, 0.1) is 7.11 Å². The summed E-state index contributed by atoms with van der Waals surface area (Å²) in [6, 6.07) is 5.96. The molecule has 0 unspecified atom stereocenters. The molecule has 1 aromatic rings. The van der Waals surface area contributed by atoms with Gasteiger partial charge in [-0.2, -0.15) is 0 Å². The van der Waals surface area contributed by atoms with Gasteiger partial charge in [0.25, 0.3) is 0 Å². The molecule has 3 N–H and O–H groups in total. The summed E-state index contributed by atoms with van der Waals surface area (Å²) < 4.78 is 5.06. The second-order valence-electron chi connectivity index (χ2n) is 4.34. The molecule has 1 atom stereocenters. The average molecular weight is 279 g/mol. The highest BCUT2D eigenvalue weighted by molar-refractivity contribution is 5.93. The second kappa shape index (κ2) is 8.04. The van der Waals surface area contributed by atoms with Crippen LogP contribution in [0.3, 0.4) is 0 Å². The highest BCUT2D eigenvalue weighted by atomic mass is 16.5. The summed E-state index contributed by atoms with van der Waals surface area (Å²) in [5.74, 6) is 0.448. The molecule has 0 saturated carbocycles. The lowest BCUT2D eigenvalue weighted by atomic mass is 10.3. The number of carbonyl (C=O) groups excluding carboxylic acids is 2. The number of nitrogens with one attached hydrogen (secondary N) is 3. The Hall–Kier alpha value is -2.24. The molecular formula is C14H21N3O3.